The van der Waals surface area contributed by atoms with Gasteiger partial charge in [-0.15, -0.1) is 5.10 Å². The van der Waals surface area contributed by atoms with E-state index in [0.29, 0.717) is 5.69 Å². The van der Waals surface area contributed by atoms with Gasteiger partial charge in [0.05, 0.1) is 5.69 Å². The number of aromatic nitrogens is 3. The fourth-order valence-corrected chi connectivity index (χ4v) is 3.57. The van der Waals surface area contributed by atoms with Crippen molar-refractivity contribution in [3.8, 4) is 0 Å². The summed E-state index contributed by atoms with van der Waals surface area (Å²) < 4.78 is 1.97. The van der Waals surface area contributed by atoms with Crippen molar-refractivity contribution >= 4 is 0 Å². The van der Waals surface area contributed by atoms with Crippen LogP contribution < -0.4 is 0 Å². The largest absolute Gasteiger partial charge is 0.374 e. The molecule has 0 atom stereocenters. The van der Waals surface area contributed by atoms with Gasteiger partial charge in [-0.1, -0.05) is 72.3 Å². The lowest BCUT2D eigenvalue weighted by Crippen LogP contribution is -2.31. The summed E-state index contributed by atoms with van der Waals surface area (Å²) in [5, 5.41) is 20.6. The molecule has 2 heterocycles. The lowest BCUT2D eigenvalue weighted by Gasteiger charge is -2.28. The van der Waals surface area contributed by atoms with Crippen LogP contribution in [0, 0.1) is 0 Å². The first-order valence-corrected chi connectivity index (χ1v) is 8.56. The van der Waals surface area contributed by atoms with Crippen LogP contribution >= 0.6 is 0 Å². The van der Waals surface area contributed by atoms with E-state index in [1.165, 1.54) is 6.42 Å². The summed E-state index contributed by atoms with van der Waals surface area (Å²) in [5.41, 5.74) is 2.09. The number of aryl methyl sites for hydroxylation is 1. The molecule has 4 rings (SSSR count). The van der Waals surface area contributed by atoms with Gasteiger partial charge < -0.3 is 5.11 Å². The van der Waals surface area contributed by atoms with Crippen molar-refractivity contribution in [1.29, 1.82) is 0 Å². The highest BCUT2D eigenvalue weighted by atomic mass is 16.3. The lowest BCUT2D eigenvalue weighted by atomic mass is 9.82. The third kappa shape index (κ3) is 2.43. The van der Waals surface area contributed by atoms with Crippen molar-refractivity contribution in [2.75, 3.05) is 0 Å². The van der Waals surface area contributed by atoms with Gasteiger partial charge in [-0.3, -0.25) is 0 Å². The average Bonchev–Trinajstić information content (AvgIpc) is 2.91. The molecule has 0 unspecified atom stereocenters. The molecule has 122 valence electrons. The molecule has 1 N–H and O–H groups in total. The Hall–Kier alpha value is -2.46. The Morgan fingerprint density at radius 2 is 1.46 bits per heavy atom. The van der Waals surface area contributed by atoms with Crippen molar-refractivity contribution in [3.05, 3.63) is 83.2 Å². The highest BCUT2D eigenvalue weighted by Gasteiger charge is 2.39. The van der Waals surface area contributed by atoms with Gasteiger partial charge in [0.1, 0.15) is 5.69 Å². The number of nitrogens with zero attached hydrogens (tertiary/aromatic N) is 3. The predicted octanol–water partition coefficient (Wildman–Crippen LogP) is 3.29. The third-order valence-electron chi connectivity index (χ3n) is 4.85. The minimum atomic E-state index is -1.28. The molecule has 1 aliphatic rings. The van der Waals surface area contributed by atoms with Gasteiger partial charge >= 0.3 is 0 Å². The Labute approximate surface area is 141 Å². The fraction of sp³-hybridized carbons (Fsp3) is 0.300. The van der Waals surface area contributed by atoms with E-state index in [-0.39, 0.29) is 0 Å². The molecule has 0 fully saturated rings. The molecule has 4 heteroatoms. The van der Waals surface area contributed by atoms with Crippen molar-refractivity contribution < 1.29 is 5.11 Å². The Kier molecular flexibility index (Phi) is 3.90. The number of aliphatic hydroxyl groups is 1. The van der Waals surface area contributed by atoms with E-state index in [4.69, 9.17) is 0 Å². The highest BCUT2D eigenvalue weighted by Crippen LogP contribution is 2.37. The van der Waals surface area contributed by atoms with Gasteiger partial charge in [-0.05, 0) is 30.4 Å². The SMILES string of the molecule is OC(c1ccccc1)(c1ccccc1)c1nnn2c1CCCCC2. The first kappa shape index (κ1) is 15.1. The van der Waals surface area contributed by atoms with Crippen LogP contribution in [-0.4, -0.2) is 20.1 Å². The molecular weight excluding hydrogens is 298 g/mol. The fourth-order valence-electron chi connectivity index (χ4n) is 3.57. The van der Waals surface area contributed by atoms with E-state index in [1.807, 2.05) is 65.3 Å². The second-order valence-corrected chi connectivity index (χ2v) is 6.36. The van der Waals surface area contributed by atoms with Gasteiger partial charge in [0.25, 0.3) is 0 Å². The van der Waals surface area contributed by atoms with Crippen LogP contribution in [0.3, 0.4) is 0 Å². The average molecular weight is 319 g/mol. The third-order valence-corrected chi connectivity index (χ3v) is 4.85. The molecule has 0 bridgehead atoms. The smallest absolute Gasteiger partial charge is 0.161 e. The summed E-state index contributed by atoms with van der Waals surface area (Å²) in [6, 6.07) is 19.5. The van der Waals surface area contributed by atoms with Crippen LogP contribution in [0.5, 0.6) is 0 Å². The summed E-state index contributed by atoms with van der Waals surface area (Å²) >= 11 is 0. The van der Waals surface area contributed by atoms with E-state index < -0.39 is 5.60 Å². The first-order chi connectivity index (χ1) is 11.8. The van der Waals surface area contributed by atoms with Crippen LogP contribution in [0.2, 0.25) is 0 Å². The van der Waals surface area contributed by atoms with Gasteiger partial charge in [0, 0.05) is 6.54 Å². The number of fused-ring (bicyclic) bond motifs is 1. The zero-order valence-corrected chi connectivity index (χ0v) is 13.6. The second-order valence-electron chi connectivity index (χ2n) is 6.36. The summed E-state index contributed by atoms with van der Waals surface area (Å²) in [5.74, 6) is 0. The van der Waals surface area contributed by atoms with Crippen LogP contribution in [0.4, 0.5) is 0 Å². The molecule has 0 amide bonds. The lowest BCUT2D eigenvalue weighted by molar-refractivity contribution is 0.119. The van der Waals surface area contributed by atoms with Crippen molar-refractivity contribution in [1.82, 2.24) is 15.0 Å². The Balaban J connectivity index is 1.93. The number of hydrogen-bond donors (Lipinski definition) is 1. The monoisotopic (exact) mass is 319 g/mol. The molecule has 24 heavy (non-hydrogen) atoms. The first-order valence-electron chi connectivity index (χ1n) is 8.56. The van der Waals surface area contributed by atoms with Crippen LogP contribution in [0.1, 0.15) is 41.8 Å². The van der Waals surface area contributed by atoms with Gasteiger partial charge in [0.2, 0.25) is 0 Å². The molecule has 3 aromatic rings. The minimum absolute atomic E-state index is 0.668. The highest BCUT2D eigenvalue weighted by molar-refractivity contribution is 5.45. The molecule has 2 aromatic carbocycles. The molecule has 1 aliphatic heterocycles. The van der Waals surface area contributed by atoms with E-state index in [2.05, 4.69) is 10.3 Å². The number of hydrogen-bond acceptors (Lipinski definition) is 3. The Bertz CT molecular complexity index is 772. The van der Waals surface area contributed by atoms with Crippen LogP contribution in [-0.2, 0) is 18.6 Å². The van der Waals surface area contributed by atoms with E-state index in [1.54, 1.807) is 0 Å². The molecule has 4 nitrogen and oxygen atoms in total. The quantitative estimate of drug-likeness (QED) is 0.806. The molecule has 0 aliphatic carbocycles. The maximum absolute atomic E-state index is 11.8. The van der Waals surface area contributed by atoms with Gasteiger partial charge in [-0.2, -0.15) is 0 Å². The summed E-state index contributed by atoms with van der Waals surface area (Å²) in [7, 11) is 0. The topological polar surface area (TPSA) is 50.9 Å². The summed E-state index contributed by atoms with van der Waals surface area (Å²) in [6.07, 6.45) is 4.33. The number of benzene rings is 2. The molecule has 0 saturated carbocycles. The maximum Gasteiger partial charge on any atom is 0.161 e. The molecule has 0 radical (unpaired) electrons. The molecule has 0 spiro atoms. The Morgan fingerprint density at radius 3 is 2.08 bits per heavy atom. The molecule has 1 aromatic heterocycles. The number of rotatable bonds is 3. The molecule has 0 saturated heterocycles. The normalized spacial score (nSPS) is 14.9. The zero-order chi connectivity index (χ0) is 16.4. The standard InChI is InChI=1S/C20H21N3O/c24-20(16-10-4-1-5-11-16,17-12-6-2-7-13-17)19-18-14-8-3-9-15-23(18)22-21-19/h1-2,4-7,10-13,24H,3,8-9,14-15H2. The van der Waals surface area contributed by atoms with E-state index in [0.717, 1.165) is 42.6 Å². The maximum atomic E-state index is 11.8. The van der Waals surface area contributed by atoms with Gasteiger partial charge in [0.15, 0.2) is 5.60 Å². The summed E-state index contributed by atoms with van der Waals surface area (Å²) in [6.45, 7) is 0.877. The molecular formula is C20H21N3O. The van der Waals surface area contributed by atoms with Gasteiger partial charge in [-0.25, -0.2) is 4.68 Å². The Morgan fingerprint density at radius 1 is 0.833 bits per heavy atom. The van der Waals surface area contributed by atoms with Crippen LogP contribution in [0.15, 0.2) is 60.7 Å². The predicted molar refractivity (Wildman–Crippen MR) is 92.6 cm³/mol. The van der Waals surface area contributed by atoms with Crippen molar-refractivity contribution in [2.24, 2.45) is 0 Å². The zero-order valence-electron chi connectivity index (χ0n) is 13.6. The van der Waals surface area contributed by atoms with E-state index in [9.17, 15) is 5.11 Å². The van der Waals surface area contributed by atoms with E-state index >= 15 is 0 Å². The van der Waals surface area contributed by atoms with Crippen molar-refractivity contribution in [2.45, 2.75) is 37.8 Å². The summed E-state index contributed by atoms with van der Waals surface area (Å²) in [4.78, 5) is 0. The van der Waals surface area contributed by atoms with Crippen molar-refractivity contribution in [3.63, 3.8) is 0 Å². The van der Waals surface area contributed by atoms with Crippen LogP contribution in [0.25, 0.3) is 0 Å². The minimum Gasteiger partial charge on any atom is -0.374 e. The second kappa shape index (κ2) is 6.21.